The molecule has 0 fully saturated rings. The van der Waals surface area contributed by atoms with E-state index in [4.69, 9.17) is 0 Å². The number of carbonyl (C=O) groups excluding carboxylic acids is 1. The Kier molecular flexibility index (Phi) is 5.12. The summed E-state index contributed by atoms with van der Waals surface area (Å²) in [6.07, 6.45) is 1.66. The molecule has 0 aromatic carbocycles. The molecule has 0 aromatic heterocycles. The maximum Gasteiger partial charge on any atom is 0.246 e. The van der Waals surface area contributed by atoms with E-state index in [0.29, 0.717) is 6.54 Å². The zero-order valence-corrected chi connectivity index (χ0v) is 9.05. The van der Waals surface area contributed by atoms with Gasteiger partial charge in [0.25, 0.3) is 0 Å². The van der Waals surface area contributed by atoms with Gasteiger partial charge in [0.2, 0.25) is 5.91 Å². The van der Waals surface area contributed by atoms with Crippen LogP contribution in [-0.2, 0) is 4.79 Å². The van der Waals surface area contributed by atoms with Gasteiger partial charge in [-0.3, -0.25) is 4.79 Å². The zero-order valence-electron chi connectivity index (χ0n) is 9.05. The normalized spacial score (nSPS) is 9.23. The molecule has 0 aliphatic carbocycles. The summed E-state index contributed by atoms with van der Waals surface area (Å²) in [7, 11) is 0. The Labute approximate surface area is 80.9 Å². The first kappa shape index (κ1) is 11.9. The van der Waals surface area contributed by atoms with Crippen molar-refractivity contribution in [1.29, 1.82) is 0 Å². The van der Waals surface area contributed by atoms with E-state index in [-0.39, 0.29) is 5.91 Å². The Hall–Kier alpha value is -1.05. The average Bonchev–Trinajstić information content (AvgIpc) is 1.98. The summed E-state index contributed by atoms with van der Waals surface area (Å²) in [5.74, 6) is 0.0745. The van der Waals surface area contributed by atoms with Crippen molar-refractivity contribution in [1.82, 2.24) is 4.90 Å². The molecule has 13 heavy (non-hydrogen) atoms. The standard InChI is InChI=1S/C11H19NO/c1-6-12(8-10(4)5)11(13)7-9(2)3/h7H,4,6,8H2,1-3,5H3. The summed E-state index contributed by atoms with van der Waals surface area (Å²) >= 11 is 0. The van der Waals surface area contributed by atoms with Crippen LogP contribution in [0.2, 0.25) is 0 Å². The van der Waals surface area contributed by atoms with E-state index >= 15 is 0 Å². The monoisotopic (exact) mass is 181 g/mol. The molecule has 1 amide bonds. The van der Waals surface area contributed by atoms with E-state index in [1.807, 2.05) is 27.7 Å². The fraction of sp³-hybridized carbons (Fsp3) is 0.545. The van der Waals surface area contributed by atoms with E-state index in [9.17, 15) is 4.79 Å². The highest BCUT2D eigenvalue weighted by Crippen LogP contribution is 1.99. The Morgan fingerprint density at radius 3 is 2.23 bits per heavy atom. The lowest BCUT2D eigenvalue weighted by Crippen LogP contribution is -2.30. The lowest BCUT2D eigenvalue weighted by atomic mass is 10.2. The topological polar surface area (TPSA) is 20.3 Å². The van der Waals surface area contributed by atoms with E-state index < -0.39 is 0 Å². The summed E-state index contributed by atoms with van der Waals surface area (Å²) in [4.78, 5) is 13.3. The number of hydrogen-bond acceptors (Lipinski definition) is 1. The van der Waals surface area contributed by atoms with Crippen molar-refractivity contribution in [2.75, 3.05) is 13.1 Å². The van der Waals surface area contributed by atoms with Crippen molar-refractivity contribution in [3.8, 4) is 0 Å². The van der Waals surface area contributed by atoms with Crippen LogP contribution < -0.4 is 0 Å². The fourth-order valence-corrected chi connectivity index (χ4v) is 1.01. The molecular formula is C11H19NO. The molecule has 0 heterocycles. The smallest absolute Gasteiger partial charge is 0.246 e. The molecule has 2 nitrogen and oxygen atoms in total. The van der Waals surface area contributed by atoms with Gasteiger partial charge in [0.1, 0.15) is 0 Å². The van der Waals surface area contributed by atoms with Crippen molar-refractivity contribution >= 4 is 5.91 Å². The maximum atomic E-state index is 11.5. The predicted molar refractivity (Wildman–Crippen MR) is 56.5 cm³/mol. The molecule has 2 heteroatoms. The van der Waals surface area contributed by atoms with Crippen LogP contribution in [0.3, 0.4) is 0 Å². The van der Waals surface area contributed by atoms with Crippen LogP contribution in [0.1, 0.15) is 27.7 Å². The lowest BCUT2D eigenvalue weighted by Gasteiger charge is -2.19. The van der Waals surface area contributed by atoms with Crippen LogP contribution >= 0.6 is 0 Å². The van der Waals surface area contributed by atoms with Crippen molar-refractivity contribution in [3.63, 3.8) is 0 Å². The number of amides is 1. The molecule has 0 rings (SSSR count). The summed E-state index contributed by atoms with van der Waals surface area (Å²) < 4.78 is 0. The summed E-state index contributed by atoms with van der Waals surface area (Å²) in [6, 6.07) is 0. The Balaban J connectivity index is 4.32. The summed E-state index contributed by atoms with van der Waals surface area (Å²) in [5, 5.41) is 0. The second-order valence-electron chi connectivity index (χ2n) is 3.53. The summed E-state index contributed by atoms with van der Waals surface area (Å²) in [6.45, 7) is 12.9. The highest BCUT2D eigenvalue weighted by Gasteiger charge is 2.07. The average molecular weight is 181 g/mol. The lowest BCUT2D eigenvalue weighted by molar-refractivity contribution is -0.125. The number of hydrogen-bond donors (Lipinski definition) is 0. The van der Waals surface area contributed by atoms with Crippen LogP contribution in [0.4, 0.5) is 0 Å². The second kappa shape index (κ2) is 5.57. The Morgan fingerprint density at radius 2 is 1.92 bits per heavy atom. The van der Waals surface area contributed by atoms with Gasteiger partial charge in [0, 0.05) is 19.2 Å². The predicted octanol–water partition coefficient (Wildman–Crippen LogP) is 2.38. The zero-order chi connectivity index (χ0) is 10.4. The third-order valence-electron chi connectivity index (χ3n) is 1.57. The van der Waals surface area contributed by atoms with E-state index in [2.05, 4.69) is 6.58 Å². The molecule has 0 aliphatic rings. The summed E-state index contributed by atoms with van der Waals surface area (Å²) in [5.41, 5.74) is 2.04. The van der Waals surface area contributed by atoms with E-state index in [1.165, 1.54) is 0 Å². The van der Waals surface area contributed by atoms with Crippen molar-refractivity contribution in [2.45, 2.75) is 27.7 Å². The fourth-order valence-electron chi connectivity index (χ4n) is 1.01. The van der Waals surface area contributed by atoms with Gasteiger partial charge in [-0.2, -0.15) is 0 Å². The molecule has 0 spiro atoms. The third kappa shape index (κ3) is 5.23. The first-order valence-corrected chi connectivity index (χ1v) is 4.55. The van der Waals surface area contributed by atoms with Crippen LogP contribution in [0.5, 0.6) is 0 Å². The van der Waals surface area contributed by atoms with Gasteiger partial charge in [0.05, 0.1) is 0 Å². The number of likely N-dealkylation sites (N-methyl/N-ethyl adjacent to an activating group) is 1. The van der Waals surface area contributed by atoms with E-state index in [0.717, 1.165) is 17.7 Å². The Morgan fingerprint density at radius 1 is 1.38 bits per heavy atom. The van der Waals surface area contributed by atoms with Crippen LogP contribution in [0, 0.1) is 0 Å². The van der Waals surface area contributed by atoms with Gasteiger partial charge < -0.3 is 4.90 Å². The molecule has 0 unspecified atom stereocenters. The van der Waals surface area contributed by atoms with Gasteiger partial charge in [-0.25, -0.2) is 0 Å². The third-order valence-corrected chi connectivity index (χ3v) is 1.57. The van der Waals surface area contributed by atoms with Crippen LogP contribution in [-0.4, -0.2) is 23.9 Å². The van der Waals surface area contributed by atoms with Gasteiger partial charge >= 0.3 is 0 Å². The molecule has 0 N–H and O–H groups in total. The maximum absolute atomic E-state index is 11.5. The number of nitrogens with zero attached hydrogens (tertiary/aromatic N) is 1. The molecule has 0 saturated carbocycles. The van der Waals surface area contributed by atoms with Crippen molar-refractivity contribution < 1.29 is 4.79 Å². The number of allylic oxidation sites excluding steroid dienone is 1. The first-order chi connectivity index (χ1) is 5.97. The molecule has 0 bridgehead atoms. The van der Waals surface area contributed by atoms with Gasteiger partial charge in [-0.15, -0.1) is 0 Å². The molecule has 0 radical (unpaired) electrons. The van der Waals surface area contributed by atoms with Gasteiger partial charge in [-0.05, 0) is 27.7 Å². The minimum atomic E-state index is 0.0745. The number of carbonyl (C=O) groups is 1. The highest BCUT2D eigenvalue weighted by molar-refractivity contribution is 5.88. The molecule has 0 aliphatic heterocycles. The SMILES string of the molecule is C=C(C)CN(CC)C(=O)C=C(C)C. The minimum absolute atomic E-state index is 0.0745. The highest BCUT2D eigenvalue weighted by atomic mass is 16.2. The van der Waals surface area contributed by atoms with Gasteiger partial charge in [0.15, 0.2) is 0 Å². The van der Waals surface area contributed by atoms with Crippen molar-refractivity contribution in [2.24, 2.45) is 0 Å². The largest absolute Gasteiger partial charge is 0.335 e. The quantitative estimate of drug-likeness (QED) is 0.481. The van der Waals surface area contributed by atoms with Crippen LogP contribution in [0.25, 0.3) is 0 Å². The van der Waals surface area contributed by atoms with Crippen LogP contribution in [0.15, 0.2) is 23.8 Å². The second-order valence-corrected chi connectivity index (χ2v) is 3.53. The van der Waals surface area contributed by atoms with Gasteiger partial charge in [-0.1, -0.05) is 17.7 Å². The molecular weight excluding hydrogens is 162 g/mol. The Bertz CT molecular complexity index is 224. The van der Waals surface area contributed by atoms with Crippen molar-refractivity contribution in [3.05, 3.63) is 23.8 Å². The molecule has 74 valence electrons. The number of rotatable bonds is 4. The molecule has 0 aromatic rings. The first-order valence-electron chi connectivity index (χ1n) is 4.55. The molecule has 0 atom stereocenters. The molecule has 0 saturated heterocycles. The minimum Gasteiger partial charge on any atom is -0.335 e. The van der Waals surface area contributed by atoms with E-state index in [1.54, 1.807) is 11.0 Å².